The lowest BCUT2D eigenvalue weighted by Crippen LogP contribution is -2.27. The number of nitrogens with one attached hydrogen (secondary N) is 1. The van der Waals surface area contributed by atoms with E-state index in [4.69, 9.17) is 4.74 Å². The SMILES string of the molecule is CCN(C(C)=O)c1nc(/C=C2\N=C(c3ccc(NC(C)=O)cc3)OC2=O)cs1. The Bertz CT molecular complexity index is 992. The van der Waals surface area contributed by atoms with Crippen LogP contribution in [-0.4, -0.2) is 35.2 Å². The minimum Gasteiger partial charge on any atom is -0.402 e. The number of benzene rings is 1. The van der Waals surface area contributed by atoms with Crippen LogP contribution in [0.1, 0.15) is 32.0 Å². The first-order chi connectivity index (χ1) is 13.4. The van der Waals surface area contributed by atoms with Crippen molar-refractivity contribution in [3.05, 3.63) is 46.6 Å². The van der Waals surface area contributed by atoms with Crippen LogP contribution in [0.5, 0.6) is 0 Å². The van der Waals surface area contributed by atoms with Gasteiger partial charge in [-0.25, -0.2) is 14.8 Å². The van der Waals surface area contributed by atoms with Crippen LogP contribution < -0.4 is 10.2 Å². The molecule has 3 rings (SSSR count). The van der Waals surface area contributed by atoms with Gasteiger partial charge >= 0.3 is 5.97 Å². The van der Waals surface area contributed by atoms with Crippen molar-refractivity contribution in [1.82, 2.24) is 4.98 Å². The molecule has 8 nitrogen and oxygen atoms in total. The first-order valence-electron chi connectivity index (χ1n) is 8.51. The van der Waals surface area contributed by atoms with Gasteiger partial charge in [-0.3, -0.25) is 14.5 Å². The van der Waals surface area contributed by atoms with Crippen LogP contribution >= 0.6 is 11.3 Å². The standard InChI is InChI=1S/C19H18N4O4S/c1-4-23(12(3)25)19-21-15(10-28-19)9-16-18(26)27-17(22-16)13-5-7-14(8-6-13)20-11(2)24/h5-10H,4H2,1-3H3,(H,20,24)/b16-9-. The Morgan fingerprint density at radius 3 is 2.57 bits per heavy atom. The summed E-state index contributed by atoms with van der Waals surface area (Å²) in [6, 6.07) is 6.80. The molecular weight excluding hydrogens is 380 g/mol. The number of hydrogen-bond donors (Lipinski definition) is 1. The van der Waals surface area contributed by atoms with E-state index in [0.29, 0.717) is 28.6 Å². The second-order valence-corrected chi connectivity index (χ2v) is 6.75. The smallest absolute Gasteiger partial charge is 0.363 e. The third kappa shape index (κ3) is 4.32. The second kappa shape index (κ2) is 8.13. The van der Waals surface area contributed by atoms with E-state index in [0.717, 1.165) is 0 Å². The maximum absolute atomic E-state index is 12.1. The van der Waals surface area contributed by atoms with Crippen molar-refractivity contribution >= 4 is 51.9 Å². The Morgan fingerprint density at radius 1 is 1.25 bits per heavy atom. The summed E-state index contributed by atoms with van der Waals surface area (Å²) in [7, 11) is 0. The fourth-order valence-corrected chi connectivity index (χ4v) is 3.42. The van der Waals surface area contributed by atoms with Crippen molar-refractivity contribution in [2.75, 3.05) is 16.8 Å². The van der Waals surface area contributed by atoms with Gasteiger partial charge in [0.25, 0.3) is 0 Å². The quantitative estimate of drug-likeness (QED) is 0.616. The predicted molar refractivity (Wildman–Crippen MR) is 107 cm³/mol. The zero-order chi connectivity index (χ0) is 20.3. The Morgan fingerprint density at radius 2 is 1.96 bits per heavy atom. The van der Waals surface area contributed by atoms with E-state index in [9.17, 15) is 14.4 Å². The van der Waals surface area contributed by atoms with Gasteiger partial charge in [-0.05, 0) is 37.3 Å². The molecule has 144 valence electrons. The minimum absolute atomic E-state index is 0.0978. The van der Waals surface area contributed by atoms with Crippen LogP contribution in [0.15, 0.2) is 40.3 Å². The molecular formula is C19H18N4O4S. The Kier molecular flexibility index (Phi) is 5.65. The molecule has 0 spiro atoms. The number of rotatable bonds is 5. The molecule has 0 bridgehead atoms. The number of nitrogens with zero attached hydrogens (tertiary/aromatic N) is 3. The maximum atomic E-state index is 12.1. The summed E-state index contributed by atoms with van der Waals surface area (Å²) in [5.74, 6) is -0.662. The van der Waals surface area contributed by atoms with Crippen LogP contribution in [0.2, 0.25) is 0 Å². The number of ether oxygens (including phenoxy) is 1. The molecule has 1 aliphatic heterocycles. The van der Waals surface area contributed by atoms with E-state index in [1.54, 1.807) is 34.5 Å². The van der Waals surface area contributed by atoms with Crippen molar-refractivity contribution in [3.8, 4) is 0 Å². The van der Waals surface area contributed by atoms with Crippen molar-refractivity contribution in [2.45, 2.75) is 20.8 Å². The summed E-state index contributed by atoms with van der Waals surface area (Å²) in [5.41, 5.74) is 1.90. The molecule has 0 atom stereocenters. The first-order valence-corrected chi connectivity index (χ1v) is 9.39. The van der Waals surface area contributed by atoms with Gasteiger partial charge in [0.15, 0.2) is 10.8 Å². The van der Waals surface area contributed by atoms with Crippen molar-refractivity contribution in [2.24, 2.45) is 4.99 Å². The van der Waals surface area contributed by atoms with Gasteiger partial charge in [-0.15, -0.1) is 11.3 Å². The average Bonchev–Trinajstić information content (AvgIpc) is 3.23. The van der Waals surface area contributed by atoms with E-state index in [1.807, 2.05) is 6.92 Å². The molecule has 2 amide bonds. The fourth-order valence-electron chi connectivity index (χ4n) is 2.53. The molecule has 9 heteroatoms. The molecule has 0 fully saturated rings. The van der Waals surface area contributed by atoms with Gasteiger partial charge in [0.1, 0.15) is 0 Å². The van der Waals surface area contributed by atoms with Crippen LogP contribution in [-0.2, 0) is 19.1 Å². The number of hydrogen-bond acceptors (Lipinski definition) is 7. The zero-order valence-corrected chi connectivity index (χ0v) is 16.4. The van der Waals surface area contributed by atoms with Crippen LogP contribution in [0.25, 0.3) is 6.08 Å². The number of carbonyl (C=O) groups excluding carboxylic acids is 3. The zero-order valence-electron chi connectivity index (χ0n) is 15.6. The predicted octanol–water partition coefficient (Wildman–Crippen LogP) is 2.82. The van der Waals surface area contributed by atoms with E-state index >= 15 is 0 Å². The number of carbonyl (C=O) groups is 3. The van der Waals surface area contributed by atoms with Crippen molar-refractivity contribution < 1.29 is 19.1 Å². The first kappa shape index (κ1) is 19.4. The third-order valence-corrected chi connectivity index (χ3v) is 4.68. The number of cyclic esters (lactones) is 1. The van der Waals surface area contributed by atoms with Crippen molar-refractivity contribution in [1.29, 1.82) is 0 Å². The number of aliphatic imine (C=N–C) groups is 1. The normalized spacial score (nSPS) is 14.6. The molecule has 1 aromatic heterocycles. The van der Waals surface area contributed by atoms with E-state index in [2.05, 4.69) is 15.3 Å². The van der Waals surface area contributed by atoms with Gasteiger partial charge in [0.2, 0.25) is 17.7 Å². The van der Waals surface area contributed by atoms with Crippen molar-refractivity contribution in [3.63, 3.8) is 0 Å². The summed E-state index contributed by atoms with van der Waals surface area (Å²) >= 11 is 1.31. The molecule has 1 N–H and O–H groups in total. The molecule has 28 heavy (non-hydrogen) atoms. The maximum Gasteiger partial charge on any atom is 0.363 e. The Hall–Kier alpha value is -3.33. The molecule has 2 aromatic rings. The average molecular weight is 398 g/mol. The van der Waals surface area contributed by atoms with Gasteiger partial charge in [0.05, 0.1) is 5.69 Å². The number of aromatic nitrogens is 1. The summed E-state index contributed by atoms with van der Waals surface area (Å²) in [6.45, 7) is 5.28. The Labute approximate surface area is 165 Å². The molecule has 2 heterocycles. The highest BCUT2D eigenvalue weighted by Crippen LogP contribution is 2.24. The van der Waals surface area contributed by atoms with Gasteiger partial charge in [-0.2, -0.15) is 0 Å². The molecule has 0 unspecified atom stereocenters. The molecule has 0 saturated heterocycles. The van der Waals surface area contributed by atoms with Gasteiger partial charge in [0, 0.05) is 37.0 Å². The van der Waals surface area contributed by atoms with E-state index < -0.39 is 5.97 Å². The van der Waals surface area contributed by atoms with Gasteiger partial charge < -0.3 is 10.1 Å². The summed E-state index contributed by atoms with van der Waals surface area (Å²) in [4.78, 5) is 45.0. The van der Waals surface area contributed by atoms with Crippen LogP contribution in [0.4, 0.5) is 10.8 Å². The van der Waals surface area contributed by atoms with E-state index in [1.165, 1.54) is 31.3 Å². The molecule has 0 radical (unpaired) electrons. The molecule has 0 aliphatic carbocycles. The molecule has 1 aliphatic rings. The number of anilines is 2. The van der Waals surface area contributed by atoms with Gasteiger partial charge in [-0.1, -0.05) is 0 Å². The molecule has 0 saturated carbocycles. The lowest BCUT2D eigenvalue weighted by atomic mass is 10.2. The highest BCUT2D eigenvalue weighted by atomic mass is 32.1. The monoisotopic (exact) mass is 398 g/mol. The minimum atomic E-state index is -0.575. The number of thiazole rings is 1. The highest BCUT2D eigenvalue weighted by Gasteiger charge is 2.24. The summed E-state index contributed by atoms with van der Waals surface area (Å²) < 4.78 is 5.23. The molecule has 1 aromatic carbocycles. The number of amides is 2. The van der Waals surface area contributed by atoms with E-state index in [-0.39, 0.29) is 23.4 Å². The fraction of sp³-hybridized carbons (Fsp3) is 0.211. The highest BCUT2D eigenvalue weighted by molar-refractivity contribution is 7.14. The second-order valence-electron chi connectivity index (χ2n) is 5.91. The van der Waals surface area contributed by atoms with Crippen LogP contribution in [0, 0.1) is 0 Å². The topological polar surface area (TPSA) is 101 Å². The largest absolute Gasteiger partial charge is 0.402 e. The summed E-state index contributed by atoms with van der Waals surface area (Å²) in [6.07, 6.45) is 1.52. The van der Waals surface area contributed by atoms with Crippen LogP contribution in [0.3, 0.4) is 0 Å². The lowest BCUT2D eigenvalue weighted by molar-refractivity contribution is -0.130. The lowest BCUT2D eigenvalue weighted by Gasteiger charge is -2.14. The third-order valence-electron chi connectivity index (χ3n) is 3.79. The number of esters is 1. The summed E-state index contributed by atoms with van der Waals surface area (Å²) in [5, 5.41) is 4.97. The Balaban J connectivity index is 1.81.